The topological polar surface area (TPSA) is 55.4 Å². The van der Waals surface area contributed by atoms with Crippen LogP contribution in [0.25, 0.3) is 0 Å². The van der Waals surface area contributed by atoms with E-state index in [1.807, 2.05) is 30.3 Å². The van der Waals surface area contributed by atoms with Crippen LogP contribution in [0.5, 0.6) is 0 Å². The van der Waals surface area contributed by atoms with E-state index < -0.39 is 0 Å². The van der Waals surface area contributed by atoms with Crippen LogP contribution in [-0.2, 0) is 16.1 Å². The molecule has 1 aromatic carbocycles. The third-order valence-corrected chi connectivity index (χ3v) is 4.95. The van der Waals surface area contributed by atoms with Crippen LogP contribution < -0.4 is 5.32 Å². The van der Waals surface area contributed by atoms with Crippen molar-refractivity contribution in [3.63, 3.8) is 0 Å². The predicted octanol–water partition coefficient (Wildman–Crippen LogP) is 2.92. The summed E-state index contributed by atoms with van der Waals surface area (Å²) in [5, 5.41) is 3.00. The summed E-state index contributed by atoms with van der Waals surface area (Å²) in [5.74, 6) is 1.41. The van der Waals surface area contributed by atoms with Gasteiger partial charge in [0.05, 0.1) is 0 Å². The van der Waals surface area contributed by atoms with Crippen molar-refractivity contribution in [3.05, 3.63) is 35.9 Å². The van der Waals surface area contributed by atoms with E-state index in [-0.39, 0.29) is 18.7 Å². The molecule has 4 atom stereocenters. The zero-order valence-electron chi connectivity index (χ0n) is 12.0. The third-order valence-electron chi connectivity index (χ3n) is 4.95. The van der Waals surface area contributed by atoms with Crippen molar-refractivity contribution in [2.45, 2.75) is 38.3 Å². The van der Waals surface area contributed by atoms with Crippen LogP contribution in [0.15, 0.2) is 30.3 Å². The fourth-order valence-corrected chi connectivity index (χ4v) is 3.99. The molecule has 2 aliphatic rings. The monoisotopic (exact) mass is 287 g/mol. The highest BCUT2D eigenvalue weighted by atomic mass is 16.5. The fraction of sp³-hybridized carbons (Fsp3) is 0.529. The van der Waals surface area contributed by atoms with Crippen LogP contribution in [0.3, 0.4) is 0 Å². The van der Waals surface area contributed by atoms with Crippen LogP contribution in [0.4, 0.5) is 4.79 Å². The van der Waals surface area contributed by atoms with Gasteiger partial charge in [-0.3, -0.25) is 0 Å². The van der Waals surface area contributed by atoms with Crippen molar-refractivity contribution >= 4 is 12.4 Å². The van der Waals surface area contributed by atoms with Gasteiger partial charge in [-0.1, -0.05) is 30.3 Å². The van der Waals surface area contributed by atoms with Gasteiger partial charge in [0.1, 0.15) is 12.9 Å². The van der Waals surface area contributed by atoms with Crippen molar-refractivity contribution in [2.24, 2.45) is 17.8 Å². The molecule has 2 aliphatic carbocycles. The SMILES string of the molecule is O=CC[C@H]1[C@@H]2CC[C@@H](C2)[C@@H]1NC(=O)OCc1ccccc1. The number of hydrogen-bond acceptors (Lipinski definition) is 3. The average Bonchev–Trinajstić information content (AvgIpc) is 3.10. The molecule has 0 aromatic heterocycles. The summed E-state index contributed by atoms with van der Waals surface area (Å²) < 4.78 is 5.29. The number of aldehydes is 1. The average molecular weight is 287 g/mol. The summed E-state index contributed by atoms with van der Waals surface area (Å²) in [6, 6.07) is 9.75. The maximum absolute atomic E-state index is 12.0. The van der Waals surface area contributed by atoms with Gasteiger partial charge in [-0.25, -0.2) is 4.79 Å². The van der Waals surface area contributed by atoms with Gasteiger partial charge in [0.2, 0.25) is 0 Å². The van der Waals surface area contributed by atoms with Gasteiger partial charge < -0.3 is 14.8 Å². The summed E-state index contributed by atoms with van der Waals surface area (Å²) in [4.78, 5) is 22.8. The molecule has 112 valence electrons. The van der Waals surface area contributed by atoms with Crippen LogP contribution in [0.2, 0.25) is 0 Å². The molecule has 1 aromatic rings. The minimum atomic E-state index is -0.368. The molecule has 0 heterocycles. The number of fused-ring (bicyclic) bond motifs is 2. The Labute approximate surface area is 124 Å². The van der Waals surface area contributed by atoms with Crippen LogP contribution in [-0.4, -0.2) is 18.4 Å². The maximum Gasteiger partial charge on any atom is 0.407 e. The number of nitrogens with one attached hydrogen (secondary N) is 1. The molecule has 0 unspecified atom stereocenters. The first-order valence-corrected chi connectivity index (χ1v) is 7.69. The minimum Gasteiger partial charge on any atom is -0.445 e. The summed E-state index contributed by atoms with van der Waals surface area (Å²) in [6.07, 6.45) is 4.65. The maximum atomic E-state index is 12.0. The van der Waals surface area contributed by atoms with Crippen molar-refractivity contribution in [1.82, 2.24) is 5.32 Å². The molecule has 2 saturated carbocycles. The Bertz CT molecular complexity index is 502. The van der Waals surface area contributed by atoms with Crippen molar-refractivity contribution in [1.29, 1.82) is 0 Å². The number of benzene rings is 1. The Morgan fingerprint density at radius 3 is 2.76 bits per heavy atom. The zero-order valence-corrected chi connectivity index (χ0v) is 12.0. The largest absolute Gasteiger partial charge is 0.445 e. The van der Waals surface area contributed by atoms with Gasteiger partial charge in [0, 0.05) is 12.5 Å². The summed E-state index contributed by atoms with van der Waals surface area (Å²) in [7, 11) is 0. The highest BCUT2D eigenvalue weighted by Gasteiger charge is 2.47. The Kier molecular flexibility index (Phi) is 4.23. The molecule has 0 aliphatic heterocycles. The lowest BCUT2D eigenvalue weighted by atomic mass is 9.83. The highest BCUT2D eigenvalue weighted by Crippen LogP contribution is 2.49. The Hall–Kier alpha value is -1.84. The van der Waals surface area contributed by atoms with E-state index in [2.05, 4.69) is 5.32 Å². The molecule has 2 fully saturated rings. The fourth-order valence-electron chi connectivity index (χ4n) is 3.99. The molecule has 21 heavy (non-hydrogen) atoms. The number of carbonyl (C=O) groups is 2. The van der Waals surface area contributed by atoms with Crippen LogP contribution in [0, 0.1) is 17.8 Å². The van der Waals surface area contributed by atoms with Crippen LogP contribution in [0.1, 0.15) is 31.2 Å². The highest BCUT2D eigenvalue weighted by molar-refractivity contribution is 5.68. The normalized spacial score (nSPS) is 30.1. The molecular formula is C17H21NO3. The first-order chi connectivity index (χ1) is 10.3. The van der Waals surface area contributed by atoms with Gasteiger partial charge in [0.25, 0.3) is 0 Å². The number of hydrogen-bond donors (Lipinski definition) is 1. The second kappa shape index (κ2) is 6.29. The van der Waals surface area contributed by atoms with E-state index >= 15 is 0 Å². The van der Waals surface area contributed by atoms with E-state index in [4.69, 9.17) is 4.74 Å². The molecule has 0 saturated heterocycles. The molecule has 0 spiro atoms. The van der Waals surface area contributed by atoms with Gasteiger partial charge in [-0.15, -0.1) is 0 Å². The van der Waals surface area contributed by atoms with Gasteiger partial charge in [0.15, 0.2) is 0 Å². The second-order valence-corrected chi connectivity index (χ2v) is 6.13. The molecule has 2 bridgehead atoms. The molecule has 4 nitrogen and oxygen atoms in total. The smallest absolute Gasteiger partial charge is 0.407 e. The number of carbonyl (C=O) groups excluding carboxylic acids is 2. The van der Waals surface area contributed by atoms with Gasteiger partial charge in [-0.05, 0) is 42.6 Å². The molecule has 1 N–H and O–H groups in total. The summed E-state index contributed by atoms with van der Waals surface area (Å²) in [6.45, 7) is 0.284. The van der Waals surface area contributed by atoms with E-state index in [0.717, 1.165) is 24.7 Å². The van der Waals surface area contributed by atoms with E-state index in [0.29, 0.717) is 24.2 Å². The Balaban J connectivity index is 1.53. The first kappa shape index (κ1) is 14.1. The summed E-state index contributed by atoms with van der Waals surface area (Å²) >= 11 is 0. The standard InChI is InChI=1S/C17H21NO3/c19-9-8-15-13-6-7-14(10-13)16(15)18-17(20)21-11-12-4-2-1-3-5-12/h1-5,9,13-16H,6-8,10-11H2,(H,18,20)/t13-,14+,15+,16+/m1/s1. The van der Waals surface area contributed by atoms with Crippen molar-refractivity contribution in [2.75, 3.05) is 0 Å². The Morgan fingerprint density at radius 2 is 2.00 bits per heavy atom. The second-order valence-electron chi connectivity index (χ2n) is 6.13. The molecule has 3 rings (SSSR count). The lowest BCUT2D eigenvalue weighted by Gasteiger charge is -2.30. The first-order valence-electron chi connectivity index (χ1n) is 7.69. The van der Waals surface area contributed by atoms with Crippen molar-refractivity contribution < 1.29 is 14.3 Å². The lowest BCUT2D eigenvalue weighted by Crippen LogP contribution is -2.44. The zero-order chi connectivity index (χ0) is 14.7. The molecule has 0 radical (unpaired) electrons. The predicted molar refractivity (Wildman–Crippen MR) is 78.6 cm³/mol. The number of amides is 1. The van der Waals surface area contributed by atoms with Gasteiger partial charge >= 0.3 is 6.09 Å². The van der Waals surface area contributed by atoms with Crippen LogP contribution >= 0.6 is 0 Å². The van der Waals surface area contributed by atoms with E-state index in [1.54, 1.807) is 0 Å². The summed E-state index contributed by atoms with van der Waals surface area (Å²) in [5.41, 5.74) is 0.977. The quantitative estimate of drug-likeness (QED) is 0.847. The number of alkyl carbamates (subject to hydrolysis) is 1. The number of ether oxygens (including phenoxy) is 1. The molecule has 4 heteroatoms. The van der Waals surface area contributed by atoms with E-state index in [9.17, 15) is 9.59 Å². The third kappa shape index (κ3) is 3.09. The Morgan fingerprint density at radius 1 is 1.24 bits per heavy atom. The lowest BCUT2D eigenvalue weighted by molar-refractivity contribution is -0.109. The molecular weight excluding hydrogens is 266 g/mol. The number of rotatable bonds is 5. The minimum absolute atomic E-state index is 0.109. The van der Waals surface area contributed by atoms with E-state index in [1.165, 1.54) is 6.42 Å². The molecule has 1 amide bonds. The van der Waals surface area contributed by atoms with Gasteiger partial charge in [-0.2, -0.15) is 0 Å². The van der Waals surface area contributed by atoms with Crippen molar-refractivity contribution in [3.8, 4) is 0 Å².